The molecular weight excluding hydrogens is 441 g/mol. The van der Waals surface area contributed by atoms with Gasteiger partial charge in [0.25, 0.3) is 7.82 Å². The second-order valence-corrected chi connectivity index (χ2v) is 11.1. The van der Waals surface area contributed by atoms with Crippen molar-refractivity contribution in [3.8, 4) is 0 Å². The molecule has 33 heavy (non-hydrogen) atoms. The summed E-state index contributed by atoms with van der Waals surface area (Å²) in [5, 5.41) is 0. The lowest BCUT2D eigenvalue weighted by Crippen LogP contribution is -2.53. The van der Waals surface area contributed by atoms with E-state index in [2.05, 4.69) is 14.0 Å². The van der Waals surface area contributed by atoms with Crippen LogP contribution >= 0.6 is 7.82 Å². The molecular formula is C25H52NO6P. The Bertz CT molecular complexity index is 488. The fourth-order valence-electron chi connectivity index (χ4n) is 4.13. The van der Waals surface area contributed by atoms with Crippen molar-refractivity contribution in [3.05, 3.63) is 0 Å². The summed E-state index contributed by atoms with van der Waals surface area (Å²) in [6.07, 6.45) is 18.6. The standard InChI is InChI=1S/C25H52NO6P/c1-3-4-5-6-7-8-9-10-11-12-13-14-15-16-20-29-24-25-32-33(27,28)31-23-19-26(2)17-21-30-22-18-26/h3-25H2,1-2H3. The van der Waals surface area contributed by atoms with E-state index in [1.807, 2.05) is 0 Å². The highest BCUT2D eigenvalue weighted by Gasteiger charge is 2.25. The van der Waals surface area contributed by atoms with Crippen LogP contribution in [0.4, 0.5) is 0 Å². The molecule has 0 aliphatic carbocycles. The number of morpholine rings is 1. The minimum absolute atomic E-state index is 0.0132. The summed E-state index contributed by atoms with van der Waals surface area (Å²) in [7, 11) is -2.16. The molecule has 0 radical (unpaired) electrons. The second kappa shape index (κ2) is 20.2. The fraction of sp³-hybridized carbons (Fsp3) is 1.00. The highest BCUT2D eigenvalue weighted by Crippen LogP contribution is 2.37. The van der Waals surface area contributed by atoms with Gasteiger partial charge in [-0.25, -0.2) is 0 Å². The van der Waals surface area contributed by atoms with Crippen LogP contribution in [0.15, 0.2) is 0 Å². The maximum absolute atomic E-state index is 11.8. The molecule has 198 valence electrons. The van der Waals surface area contributed by atoms with Crippen LogP contribution in [0.25, 0.3) is 0 Å². The minimum Gasteiger partial charge on any atom is -0.756 e. The van der Waals surface area contributed by atoms with Crippen molar-refractivity contribution >= 4 is 7.82 Å². The Labute approximate surface area is 203 Å². The zero-order chi connectivity index (χ0) is 24.1. The number of hydrogen-bond acceptors (Lipinski definition) is 6. The lowest BCUT2D eigenvalue weighted by atomic mass is 10.0. The van der Waals surface area contributed by atoms with Gasteiger partial charge in [0.05, 0.1) is 33.5 Å². The Kier molecular flexibility index (Phi) is 19.0. The number of phosphoric ester groups is 1. The Morgan fingerprint density at radius 2 is 1.21 bits per heavy atom. The van der Waals surface area contributed by atoms with E-state index in [1.165, 1.54) is 83.5 Å². The van der Waals surface area contributed by atoms with Crippen molar-refractivity contribution in [2.24, 2.45) is 0 Å². The minimum atomic E-state index is -4.25. The number of hydrogen-bond donors (Lipinski definition) is 0. The van der Waals surface area contributed by atoms with Gasteiger partial charge < -0.3 is 27.9 Å². The number of phosphoric acid groups is 1. The molecule has 0 spiro atoms. The van der Waals surface area contributed by atoms with Gasteiger partial charge in [-0.15, -0.1) is 0 Å². The summed E-state index contributed by atoms with van der Waals surface area (Å²) in [5.41, 5.74) is 0. The predicted molar refractivity (Wildman–Crippen MR) is 132 cm³/mol. The van der Waals surface area contributed by atoms with E-state index in [4.69, 9.17) is 18.5 Å². The predicted octanol–water partition coefficient (Wildman–Crippen LogP) is 5.46. The molecule has 8 heteroatoms. The van der Waals surface area contributed by atoms with Crippen LogP contribution in [-0.4, -0.2) is 70.8 Å². The zero-order valence-corrected chi connectivity index (χ0v) is 22.5. The van der Waals surface area contributed by atoms with Crippen LogP contribution in [-0.2, 0) is 23.1 Å². The average Bonchev–Trinajstić information content (AvgIpc) is 2.78. The largest absolute Gasteiger partial charge is 0.756 e. The molecule has 0 saturated carbocycles. The molecule has 1 aliphatic heterocycles. The number of likely N-dealkylation sites (N-methyl/N-ethyl adjacent to an activating group) is 1. The monoisotopic (exact) mass is 493 g/mol. The smallest absolute Gasteiger partial charge is 0.268 e. The Morgan fingerprint density at radius 1 is 0.727 bits per heavy atom. The molecule has 0 N–H and O–H groups in total. The fourth-order valence-corrected chi connectivity index (χ4v) is 4.80. The van der Waals surface area contributed by atoms with Gasteiger partial charge >= 0.3 is 0 Å². The van der Waals surface area contributed by atoms with Gasteiger partial charge in [-0.2, -0.15) is 0 Å². The van der Waals surface area contributed by atoms with Crippen molar-refractivity contribution in [2.45, 2.75) is 96.8 Å². The van der Waals surface area contributed by atoms with Crippen LogP contribution in [0.3, 0.4) is 0 Å². The van der Waals surface area contributed by atoms with Gasteiger partial charge in [-0.1, -0.05) is 90.4 Å². The summed E-state index contributed by atoms with van der Waals surface area (Å²) in [5.74, 6) is 0. The third-order valence-corrected chi connectivity index (χ3v) is 7.55. The van der Waals surface area contributed by atoms with Gasteiger partial charge in [0, 0.05) is 6.61 Å². The summed E-state index contributed by atoms with van der Waals surface area (Å²) < 4.78 is 33.3. The van der Waals surface area contributed by atoms with Crippen LogP contribution in [0.1, 0.15) is 96.8 Å². The first-order valence-electron chi connectivity index (χ1n) is 13.6. The molecule has 1 unspecified atom stereocenters. The van der Waals surface area contributed by atoms with Gasteiger partial charge in [0.1, 0.15) is 26.2 Å². The molecule has 0 aromatic rings. The molecule has 1 aliphatic rings. The van der Waals surface area contributed by atoms with Crippen molar-refractivity contribution in [3.63, 3.8) is 0 Å². The lowest BCUT2D eigenvalue weighted by Gasteiger charge is -2.37. The number of quaternary nitrogens is 1. The highest BCUT2D eigenvalue weighted by atomic mass is 31.2. The van der Waals surface area contributed by atoms with Crippen molar-refractivity contribution < 1.29 is 32.5 Å². The molecule has 0 aromatic heterocycles. The molecule has 1 heterocycles. The number of rotatable bonds is 23. The molecule has 1 saturated heterocycles. The van der Waals surface area contributed by atoms with E-state index in [0.29, 0.717) is 26.4 Å². The Balaban J connectivity index is 1.81. The molecule has 1 atom stereocenters. The van der Waals surface area contributed by atoms with Crippen molar-refractivity contribution in [1.82, 2.24) is 0 Å². The summed E-state index contributed by atoms with van der Waals surface area (Å²) >= 11 is 0. The van der Waals surface area contributed by atoms with Gasteiger partial charge in [0.15, 0.2) is 0 Å². The first-order chi connectivity index (χ1) is 16.0. The van der Waals surface area contributed by atoms with Crippen molar-refractivity contribution in [2.75, 3.05) is 66.3 Å². The molecule has 1 rings (SSSR count). The summed E-state index contributed by atoms with van der Waals surface area (Å²) in [4.78, 5) is 11.8. The number of nitrogens with zero attached hydrogens (tertiary/aromatic N) is 1. The maximum Gasteiger partial charge on any atom is 0.268 e. The van der Waals surface area contributed by atoms with Crippen LogP contribution in [0.2, 0.25) is 0 Å². The maximum atomic E-state index is 11.8. The zero-order valence-electron chi connectivity index (χ0n) is 21.6. The van der Waals surface area contributed by atoms with E-state index in [9.17, 15) is 9.46 Å². The highest BCUT2D eigenvalue weighted by molar-refractivity contribution is 7.45. The van der Waals surface area contributed by atoms with Gasteiger partial charge in [0.2, 0.25) is 0 Å². The lowest BCUT2D eigenvalue weighted by molar-refractivity contribution is -0.916. The molecule has 0 amide bonds. The van der Waals surface area contributed by atoms with E-state index in [0.717, 1.165) is 24.0 Å². The summed E-state index contributed by atoms with van der Waals surface area (Å²) in [6, 6.07) is 0. The quantitative estimate of drug-likeness (QED) is 0.107. The third kappa shape index (κ3) is 18.9. The normalized spacial score (nSPS) is 17.8. The van der Waals surface area contributed by atoms with E-state index in [1.54, 1.807) is 0 Å². The average molecular weight is 494 g/mol. The second-order valence-electron chi connectivity index (χ2n) is 9.72. The first-order valence-corrected chi connectivity index (χ1v) is 15.0. The van der Waals surface area contributed by atoms with E-state index >= 15 is 0 Å². The Hall–Kier alpha value is -0.0100. The van der Waals surface area contributed by atoms with E-state index in [-0.39, 0.29) is 19.8 Å². The topological polar surface area (TPSA) is 77.1 Å². The molecule has 7 nitrogen and oxygen atoms in total. The van der Waals surface area contributed by atoms with Crippen LogP contribution in [0, 0.1) is 0 Å². The molecule has 1 fully saturated rings. The Morgan fingerprint density at radius 3 is 1.76 bits per heavy atom. The van der Waals surface area contributed by atoms with E-state index < -0.39 is 7.82 Å². The van der Waals surface area contributed by atoms with Gasteiger partial charge in [-0.05, 0) is 6.42 Å². The number of unbranched alkanes of at least 4 members (excludes halogenated alkanes) is 13. The molecule has 0 aromatic carbocycles. The first kappa shape index (κ1) is 31.0. The number of ether oxygens (including phenoxy) is 2. The van der Waals surface area contributed by atoms with Gasteiger partial charge in [-0.3, -0.25) is 4.57 Å². The SMILES string of the molecule is CCCCCCCCCCCCCCCCOCCOP(=O)([O-])OCC[N+]1(C)CCOCC1. The molecule has 0 bridgehead atoms. The third-order valence-electron chi connectivity index (χ3n) is 6.55. The summed E-state index contributed by atoms with van der Waals surface area (Å²) in [6.45, 7) is 7.15. The van der Waals surface area contributed by atoms with Crippen molar-refractivity contribution in [1.29, 1.82) is 0 Å². The van der Waals surface area contributed by atoms with Crippen LogP contribution in [0.5, 0.6) is 0 Å². The van der Waals surface area contributed by atoms with Crippen LogP contribution < -0.4 is 4.89 Å².